The van der Waals surface area contributed by atoms with Crippen molar-refractivity contribution in [3.05, 3.63) is 36.7 Å². The van der Waals surface area contributed by atoms with Crippen LogP contribution in [-0.2, 0) is 0 Å². The van der Waals surface area contributed by atoms with Gasteiger partial charge in [-0.15, -0.1) is 0 Å². The van der Waals surface area contributed by atoms with Crippen molar-refractivity contribution in [3.63, 3.8) is 0 Å². The number of aromatic nitrogens is 2. The monoisotopic (exact) mass is 414 g/mol. The molecule has 3 saturated carbocycles. The maximum Gasteiger partial charge on any atom is 0.100 e. The summed E-state index contributed by atoms with van der Waals surface area (Å²) in [4.78, 5) is 4.70. The van der Waals surface area contributed by atoms with Gasteiger partial charge >= 0.3 is 20.2 Å². The van der Waals surface area contributed by atoms with E-state index in [1.165, 1.54) is 63.3 Å². The summed E-state index contributed by atoms with van der Waals surface area (Å²) in [5, 5.41) is 0. The van der Waals surface area contributed by atoms with E-state index in [0.717, 1.165) is 29.2 Å². The van der Waals surface area contributed by atoms with Gasteiger partial charge in [0.1, 0.15) is 6.33 Å². The fraction of sp³-hybridized carbons (Fsp3) is 0.643. The Hall–Kier alpha value is -1.64. The first kappa shape index (κ1) is 21.2. The van der Waals surface area contributed by atoms with Crippen LogP contribution in [0.15, 0.2) is 36.7 Å². The van der Waals surface area contributed by atoms with Crippen LogP contribution in [0, 0.1) is 34.5 Å². The second-order valence-corrected chi connectivity index (χ2v) is 11.2. The quantitative estimate of drug-likeness (QED) is 0.456. The van der Waals surface area contributed by atoms with Crippen molar-refractivity contribution in [2.75, 3.05) is 0 Å². The van der Waals surface area contributed by atoms with Crippen molar-refractivity contribution in [2.24, 2.45) is 34.5 Å². The Morgan fingerprint density at radius 1 is 1.03 bits per heavy atom. The van der Waals surface area contributed by atoms with Gasteiger partial charge in [0.05, 0.1) is 11.0 Å². The number of rotatable bonds is 1. The van der Waals surface area contributed by atoms with E-state index in [2.05, 4.69) is 61.6 Å². The third-order valence-electron chi connectivity index (χ3n) is 9.84. The molecule has 0 N–H and O–H groups in total. The normalized spacial score (nSPS) is 38.7. The molecular formula is C28H39BN2. The summed E-state index contributed by atoms with van der Waals surface area (Å²) >= 11 is 0. The minimum Gasteiger partial charge on any atom is -0.302 e. The second-order valence-electron chi connectivity index (χ2n) is 11.2. The van der Waals surface area contributed by atoms with Crippen molar-refractivity contribution in [1.82, 2.24) is 9.55 Å². The van der Waals surface area contributed by atoms with E-state index in [0.29, 0.717) is 10.8 Å². The molecule has 2 nitrogen and oxygen atoms in total. The maximum absolute atomic E-state index is 4.70. The minimum atomic E-state index is 0.322. The molecule has 0 bridgehead atoms. The van der Waals surface area contributed by atoms with Crippen LogP contribution in [0.25, 0.3) is 16.7 Å². The molecule has 0 aliphatic heterocycles. The van der Waals surface area contributed by atoms with E-state index in [9.17, 15) is 0 Å². The van der Waals surface area contributed by atoms with Gasteiger partial charge in [-0.05, 0) is 86.2 Å². The van der Waals surface area contributed by atoms with Crippen LogP contribution in [0.5, 0.6) is 0 Å². The molecule has 6 atom stereocenters. The topological polar surface area (TPSA) is 17.8 Å². The third-order valence-corrected chi connectivity index (χ3v) is 9.84. The fourth-order valence-corrected chi connectivity index (χ4v) is 8.36. The molecule has 1 aromatic carbocycles. The van der Waals surface area contributed by atoms with Gasteiger partial charge in [-0.3, -0.25) is 0 Å². The van der Waals surface area contributed by atoms with E-state index in [1.54, 1.807) is 12.6 Å². The van der Waals surface area contributed by atoms with Crippen molar-refractivity contribution >= 4 is 30.1 Å². The number of benzene rings is 1. The number of hydrogen-bond donors (Lipinski definition) is 0. The first-order chi connectivity index (χ1) is 15.0. The molecule has 0 amide bonds. The SMILES string of the molecule is C=BC.C[C@]12CCCCC1CCC1C2CC[C@]2(C)C(n3cnc4ccccc43)=CCC12. The Balaban J connectivity index is 0.000000646. The molecular weight excluding hydrogens is 375 g/mol. The van der Waals surface area contributed by atoms with E-state index in [-0.39, 0.29) is 0 Å². The second kappa shape index (κ2) is 8.05. The summed E-state index contributed by atoms with van der Waals surface area (Å²) in [6.45, 7) is 12.3. The molecule has 4 aliphatic rings. The molecule has 1 heterocycles. The first-order valence-electron chi connectivity index (χ1n) is 12.7. The predicted molar refractivity (Wildman–Crippen MR) is 134 cm³/mol. The number of imidazole rings is 1. The van der Waals surface area contributed by atoms with Crippen LogP contribution in [0.4, 0.5) is 0 Å². The van der Waals surface area contributed by atoms with Crippen LogP contribution in [0.3, 0.4) is 0 Å². The van der Waals surface area contributed by atoms with Gasteiger partial charge in [-0.25, -0.2) is 4.98 Å². The molecule has 2 aromatic rings. The van der Waals surface area contributed by atoms with Crippen LogP contribution in [0.1, 0.15) is 71.6 Å². The zero-order valence-corrected chi connectivity index (χ0v) is 19.8. The van der Waals surface area contributed by atoms with Crippen LogP contribution in [0.2, 0.25) is 6.82 Å². The molecule has 1 aromatic heterocycles. The van der Waals surface area contributed by atoms with E-state index >= 15 is 0 Å². The summed E-state index contributed by atoms with van der Waals surface area (Å²) in [6.07, 6.45) is 17.7. The summed E-state index contributed by atoms with van der Waals surface area (Å²) in [5.41, 5.74) is 4.90. The van der Waals surface area contributed by atoms with Crippen molar-refractivity contribution < 1.29 is 0 Å². The number of allylic oxidation sites excluding steroid dienone is 2. The van der Waals surface area contributed by atoms with Gasteiger partial charge in [-0.2, -0.15) is 0 Å². The third kappa shape index (κ3) is 3.21. The summed E-state index contributed by atoms with van der Waals surface area (Å²) < 4.78 is 2.42. The predicted octanol–water partition coefficient (Wildman–Crippen LogP) is 7.09. The van der Waals surface area contributed by atoms with E-state index < -0.39 is 0 Å². The maximum atomic E-state index is 4.70. The van der Waals surface area contributed by atoms with Gasteiger partial charge in [0.15, 0.2) is 0 Å². The Labute approximate surface area is 189 Å². The molecule has 0 saturated heterocycles. The van der Waals surface area contributed by atoms with Crippen molar-refractivity contribution in [1.29, 1.82) is 0 Å². The Morgan fingerprint density at radius 3 is 2.68 bits per heavy atom. The fourth-order valence-electron chi connectivity index (χ4n) is 8.36. The molecule has 3 fully saturated rings. The first-order valence-corrected chi connectivity index (χ1v) is 12.7. The van der Waals surface area contributed by atoms with Gasteiger partial charge < -0.3 is 4.57 Å². The number of para-hydroxylation sites is 2. The standard InChI is InChI=1S/C26H34N2.C2H5B/c1-25-15-6-5-7-18(25)10-11-19-20-12-13-24(26(20,2)16-14-21(19)25)28-17-27-22-8-3-4-9-23(22)28;1-3-2/h3-4,8-9,13,17-21H,5-7,10-12,14-16H2,1-2H3;1H2,2H3/t18?,19?,20?,21?,25-,26-;/m0./s1. The van der Waals surface area contributed by atoms with Gasteiger partial charge in [0, 0.05) is 11.1 Å². The zero-order chi connectivity index (χ0) is 21.6. The van der Waals surface area contributed by atoms with Gasteiger partial charge in [0.2, 0.25) is 0 Å². The summed E-state index contributed by atoms with van der Waals surface area (Å²) in [5.74, 6) is 3.75. The average molecular weight is 414 g/mol. The Bertz CT molecular complexity index is 990. The van der Waals surface area contributed by atoms with Gasteiger partial charge in [0.25, 0.3) is 0 Å². The molecule has 0 spiro atoms. The number of nitrogens with zero attached hydrogens (tertiary/aromatic N) is 2. The molecule has 0 radical (unpaired) electrons. The van der Waals surface area contributed by atoms with E-state index in [1.807, 2.05) is 6.82 Å². The van der Waals surface area contributed by atoms with Crippen molar-refractivity contribution in [2.45, 2.75) is 78.5 Å². The zero-order valence-electron chi connectivity index (χ0n) is 19.8. The van der Waals surface area contributed by atoms with Crippen LogP contribution < -0.4 is 0 Å². The number of hydrogen-bond acceptors (Lipinski definition) is 1. The molecule has 3 heteroatoms. The molecule has 31 heavy (non-hydrogen) atoms. The minimum absolute atomic E-state index is 0.322. The van der Waals surface area contributed by atoms with E-state index in [4.69, 9.17) is 4.98 Å². The summed E-state index contributed by atoms with van der Waals surface area (Å²) in [7, 11) is 0. The van der Waals surface area contributed by atoms with Crippen LogP contribution in [-0.4, -0.2) is 22.9 Å². The van der Waals surface area contributed by atoms with Crippen LogP contribution >= 0.6 is 0 Å². The molecule has 4 unspecified atom stereocenters. The van der Waals surface area contributed by atoms with Gasteiger partial charge in [-0.1, -0.05) is 44.9 Å². The molecule has 6 rings (SSSR count). The molecule has 4 aliphatic carbocycles. The average Bonchev–Trinajstić information content (AvgIpc) is 3.34. The molecule has 164 valence electrons. The van der Waals surface area contributed by atoms with Crippen molar-refractivity contribution in [3.8, 4) is 0 Å². The Kier molecular flexibility index (Phi) is 5.51. The smallest absolute Gasteiger partial charge is 0.100 e. The summed E-state index contributed by atoms with van der Waals surface area (Å²) in [6, 6.07) is 8.63. The Morgan fingerprint density at radius 2 is 1.84 bits per heavy atom. The number of fused-ring (bicyclic) bond motifs is 6. The largest absolute Gasteiger partial charge is 0.302 e.